The number of carbonyl (C=O) groups is 2. The Labute approximate surface area is 83.6 Å². The van der Waals surface area contributed by atoms with Crippen LogP contribution in [0.3, 0.4) is 0 Å². The third kappa shape index (κ3) is 2.23. The summed E-state index contributed by atoms with van der Waals surface area (Å²) in [6.45, 7) is 3.33. The molecule has 0 spiro atoms. The second-order valence-electron chi connectivity index (χ2n) is 3.78. The zero-order valence-corrected chi connectivity index (χ0v) is 8.62. The van der Waals surface area contributed by atoms with Gasteiger partial charge in [-0.05, 0) is 19.4 Å². The van der Waals surface area contributed by atoms with E-state index in [9.17, 15) is 9.59 Å². The van der Waals surface area contributed by atoms with E-state index < -0.39 is 11.8 Å². The smallest absolute Gasteiger partial charge is 0.311 e. The van der Waals surface area contributed by atoms with E-state index in [0.29, 0.717) is 19.0 Å². The fraction of sp³-hybridized carbons (Fsp3) is 0.778. The zero-order valence-electron chi connectivity index (χ0n) is 8.62. The van der Waals surface area contributed by atoms with E-state index in [1.165, 1.54) is 4.90 Å². The molecule has 1 aliphatic heterocycles. The van der Waals surface area contributed by atoms with Gasteiger partial charge in [-0.15, -0.1) is 0 Å². The van der Waals surface area contributed by atoms with Crippen molar-refractivity contribution >= 4 is 11.8 Å². The van der Waals surface area contributed by atoms with Gasteiger partial charge < -0.3 is 16.0 Å². The van der Waals surface area contributed by atoms with Crippen molar-refractivity contribution in [3.8, 4) is 0 Å². The van der Waals surface area contributed by atoms with Gasteiger partial charge in [0.15, 0.2) is 0 Å². The van der Waals surface area contributed by atoms with E-state index in [0.717, 1.165) is 6.42 Å². The standard InChI is InChI=1S/C9H17N3O2/c1-6-3-4-12(5-7(6)11-2)9(14)8(10)13/h6-7,11H,3-5H2,1-2H3,(H2,10,13). The van der Waals surface area contributed by atoms with Crippen LogP contribution in [0.1, 0.15) is 13.3 Å². The van der Waals surface area contributed by atoms with Crippen LogP contribution in [0.5, 0.6) is 0 Å². The highest BCUT2D eigenvalue weighted by atomic mass is 16.2. The van der Waals surface area contributed by atoms with Crippen molar-refractivity contribution in [3.63, 3.8) is 0 Å². The Bertz CT molecular complexity index is 242. The van der Waals surface area contributed by atoms with Crippen LogP contribution in [0.15, 0.2) is 0 Å². The van der Waals surface area contributed by atoms with E-state index >= 15 is 0 Å². The van der Waals surface area contributed by atoms with Gasteiger partial charge in [0.2, 0.25) is 0 Å². The number of nitrogens with two attached hydrogens (primary N) is 1. The molecule has 0 aromatic heterocycles. The summed E-state index contributed by atoms with van der Waals surface area (Å²) in [7, 11) is 1.86. The maximum absolute atomic E-state index is 11.3. The summed E-state index contributed by atoms with van der Waals surface area (Å²) < 4.78 is 0. The van der Waals surface area contributed by atoms with Gasteiger partial charge in [-0.25, -0.2) is 0 Å². The third-order valence-corrected chi connectivity index (χ3v) is 2.83. The Balaban J connectivity index is 2.58. The lowest BCUT2D eigenvalue weighted by atomic mass is 9.93. The Kier molecular flexibility index (Phi) is 3.46. The summed E-state index contributed by atoms with van der Waals surface area (Å²) >= 11 is 0. The third-order valence-electron chi connectivity index (χ3n) is 2.83. The van der Waals surface area contributed by atoms with E-state index in [1.54, 1.807) is 0 Å². The fourth-order valence-electron chi connectivity index (χ4n) is 1.79. The van der Waals surface area contributed by atoms with Crippen molar-refractivity contribution in [1.29, 1.82) is 0 Å². The number of carbonyl (C=O) groups excluding carboxylic acids is 2. The number of nitrogens with one attached hydrogen (secondary N) is 1. The van der Waals surface area contributed by atoms with E-state index in [2.05, 4.69) is 12.2 Å². The van der Waals surface area contributed by atoms with Gasteiger partial charge in [-0.3, -0.25) is 9.59 Å². The van der Waals surface area contributed by atoms with Gasteiger partial charge in [0.1, 0.15) is 0 Å². The summed E-state index contributed by atoms with van der Waals surface area (Å²) in [4.78, 5) is 23.5. The van der Waals surface area contributed by atoms with Crippen molar-refractivity contribution in [3.05, 3.63) is 0 Å². The molecule has 0 aromatic rings. The van der Waals surface area contributed by atoms with Gasteiger partial charge in [-0.2, -0.15) is 0 Å². The molecular weight excluding hydrogens is 182 g/mol. The van der Waals surface area contributed by atoms with E-state index in [-0.39, 0.29) is 6.04 Å². The monoisotopic (exact) mass is 199 g/mol. The first kappa shape index (κ1) is 11.0. The Morgan fingerprint density at radius 3 is 2.64 bits per heavy atom. The molecule has 0 saturated carbocycles. The first-order chi connectivity index (χ1) is 6.56. The number of rotatable bonds is 1. The van der Waals surface area contributed by atoms with E-state index in [1.807, 2.05) is 7.05 Å². The number of piperidine rings is 1. The highest BCUT2D eigenvalue weighted by Crippen LogP contribution is 2.16. The Morgan fingerprint density at radius 2 is 2.14 bits per heavy atom. The minimum Gasteiger partial charge on any atom is -0.361 e. The number of likely N-dealkylation sites (tertiary alicyclic amines) is 1. The van der Waals surface area contributed by atoms with Crippen molar-refractivity contribution in [2.75, 3.05) is 20.1 Å². The normalized spacial score (nSPS) is 27.4. The summed E-state index contributed by atoms with van der Waals surface area (Å²) in [5, 5.41) is 3.13. The van der Waals surface area contributed by atoms with Crippen molar-refractivity contribution in [1.82, 2.24) is 10.2 Å². The van der Waals surface area contributed by atoms with Crippen LogP contribution in [-0.2, 0) is 9.59 Å². The summed E-state index contributed by atoms with van der Waals surface area (Å²) in [6, 6.07) is 0.257. The van der Waals surface area contributed by atoms with Crippen LogP contribution >= 0.6 is 0 Å². The zero-order chi connectivity index (χ0) is 10.7. The highest BCUT2D eigenvalue weighted by molar-refractivity contribution is 6.34. The molecule has 1 heterocycles. The first-order valence-electron chi connectivity index (χ1n) is 4.82. The second-order valence-corrected chi connectivity index (χ2v) is 3.78. The van der Waals surface area contributed by atoms with Gasteiger partial charge in [0.05, 0.1) is 0 Å². The average molecular weight is 199 g/mol. The maximum atomic E-state index is 11.3. The van der Waals surface area contributed by atoms with Crippen LogP contribution < -0.4 is 11.1 Å². The molecule has 0 aliphatic carbocycles. The van der Waals surface area contributed by atoms with Gasteiger partial charge in [-0.1, -0.05) is 6.92 Å². The summed E-state index contributed by atoms with van der Waals surface area (Å²) in [5.74, 6) is -0.913. The highest BCUT2D eigenvalue weighted by Gasteiger charge is 2.29. The first-order valence-corrected chi connectivity index (χ1v) is 4.82. The van der Waals surface area contributed by atoms with Crippen LogP contribution in [-0.4, -0.2) is 42.9 Å². The SMILES string of the molecule is CNC1CN(C(=O)C(N)=O)CCC1C. The van der Waals surface area contributed by atoms with Crippen LogP contribution in [0.25, 0.3) is 0 Å². The lowest BCUT2D eigenvalue weighted by Crippen LogP contribution is -2.53. The number of amides is 2. The molecule has 1 rings (SSSR count). The summed E-state index contributed by atoms with van der Waals surface area (Å²) in [5.41, 5.74) is 4.94. The molecule has 2 unspecified atom stereocenters. The molecule has 0 radical (unpaired) electrons. The molecule has 2 amide bonds. The number of likely N-dealkylation sites (N-methyl/N-ethyl adjacent to an activating group) is 1. The lowest BCUT2D eigenvalue weighted by Gasteiger charge is -2.36. The minimum atomic E-state index is -0.866. The quantitative estimate of drug-likeness (QED) is 0.528. The molecule has 3 N–H and O–H groups in total. The topological polar surface area (TPSA) is 75.4 Å². The van der Waals surface area contributed by atoms with Gasteiger partial charge >= 0.3 is 11.8 Å². The maximum Gasteiger partial charge on any atom is 0.311 e. The van der Waals surface area contributed by atoms with Crippen molar-refractivity contribution < 1.29 is 9.59 Å². The van der Waals surface area contributed by atoms with Crippen molar-refractivity contribution in [2.24, 2.45) is 11.7 Å². The molecular formula is C9H17N3O2. The molecule has 1 aliphatic rings. The number of hydrogen-bond acceptors (Lipinski definition) is 3. The molecule has 1 saturated heterocycles. The second kappa shape index (κ2) is 4.41. The van der Waals surface area contributed by atoms with Crippen LogP contribution in [0.4, 0.5) is 0 Å². The number of hydrogen-bond donors (Lipinski definition) is 2. The van der Waals surface area contributed by atoms with Crippen LogP contribution in [0, 0.1) is 5.92 Å². The molecule has 0 bridgehead atoms. The average Bonchev–Trinajstić information content (AvgIpc) is 2.17. The molecule has 14 heavy (non-hydrogen) atoms. The lowest BCUT2D eigenvalue weighted by molar-refractivity contribution is -0.145. The molecule has 5 heteroatoms. The molecule has 2 atom stereocenters. The summed E-state index contributed by atoms with van der Waals surface area (Å²) in [6.07, 6.45) is 0.907. The fourth-order valence-corrected chi connectivity index (χ4v) is 1.79. The van der Waals surface area contributed by atoms with Gasteiger partial charge in [0, 0.05) is 19.1 Å². The van der Waals surface area contributed by atoms with E-state index in [4.69, 9.17) is 5.73 Å². The molecule has 5 nitrogen and oxygen atoms in total. The largest absolute Gasteiger partial charge is 0.361 e. The number of primary amides is 1. The number of nitrogens with zero attached hydrogens (tertiary/aromatic N) is 1. The minimum absolute atomic E-state index is 0.257. The molecule has 0 aromatic carbocycles. The molecule has 1 fully saturated rings. The Morgan fingerprint density at radius 1 is 1.50 bits per heavy atom. The van der Waals surface area contributed by atoms with Gasteiger partial charge in [0.25, 0.3) is 0 Å². The molecule has 80 valence electrons. The predicted octanol–water partition coefficient (Wildman–Crippen LogP) is -1.07. The van der Waals surface area contributed by atoms with Crippen molar-refractivity contribution in [2.45, 2.75) is 19.4 Å². The van der Waals surface area contributed by atoms with Crippen LogP contribution in [0.2, 0.25) is 0 Å². The Hall–Kier alpha value is -1.10. The predicted molar refractivity (Wildman–Crippen MR) is 52.4 cm³/mol.